The fourth-order valence-corrected chi connectivity index (χ4v) is 3.00. The SMILES string of the molecule is CN1CCN(c2cc(CNC(=O)C3CCCN3)ccn2)CC1. The molecule has 1 aromatic rings. The molecular formula is C16H25N5O. The average Bonchev–Trinajstić information content (AvgIpc) is 3.08. The minimum atomic E-state index is -0.0149. The van der Waals surface area contributed by atoms with Gasteiger partial charge in [-0.05, 0) is 44.1 Å². The summed E-state index contributed by atoms with van der Waals surface area (Å²) in [4.78, 5) is 21.1. The van der Waals surface area contributed by atoms with Gasteiger partial charge in [0.05, 0.1) is 6.04 Å². The van der Waals surface area contributed by atoms with E-state index >= 15 is 0 Å². The van der Waals surface area contributed by atoms with Gasteiger partial charge in [-0.2, -0.15) is 0 Å². The van der Waals surface area contributed by atoms with Crippen molar-refractivity contribution in [3.8, 4) is 0 Å². The van der Waals surface area contributed by atoms with E-state index in [1.807, 2.05) is 12.3 Å². The topological polar surface area (TPSA) is 60.5 Å². The quantitative estimate of drug-likeness (QED) is 0.832. The van der Waals surface area contributed by atoms with Gasteiger partial charge in [0, 0.05) is 38.9 Å². The van der Waals surface area contributed by atoms with Gasteiger partial charge >= 0.3 is 0 Å². The van der Waals surface area contributed by atoms with Crippen LogP contribution >= 0.6 is 0 Å². The predicted octanol–water partition coefficient (Wildman–Crippen LogP) is 0.202. The van der Waals surface area contributed by atoms with E-state index < -0.39 is 0 Å². The molecule has 0 saturated carbocycles. The van der Waals surface area contributed by atoms with Gasteiger partial charge in [0.25, 0.3) is 0 Å². The average molecular weight is 303 g/mol. The molecule has 2 aliphatic heterocycles. The van der Waals surface area contributed by atoms with Crippen LogP contribution in [0.5, 0.6) is 0 Å². The molecule has 1 unspecified atom stereocenters. The van der Waals surface area contributed by atoms with Crippen LogP contribution < -0.4 is 15.5 Å². The van der Waals surface area contributed by atoms with Crippen molar-refractivity contribution in [2.45, 2.75) is 25.4 Å². The fourth-order valence-electron chi connectivity index (χ4n) is 3.00. The summed E-state index contributed by atoms with van der Waals surface area (Å²) in [7, 11) is 2.15. The van der Waals surface area contributed by atoms with Crippen LogP contribution in [-0.2, 0) is 11.3 Å². The molecule has 2 aliphatic rings. The van der Waals surface area contributed by atoms with E-state index in [1.54, 1.807) is 0 Å². The van der Waals surface area contributed by atoms with Gasteiger partial charge in [-0.25, -0.2) is 4.98 Å². The number of pyridine rings is 1. The van der Waals surface area contributed by atoms with E-state index in [1.165, 1.54) is 0 Å². The Hall–Kier alpha value is -1.66. The van der Waals surface area contributed by atoms with Gasteiger partial charge in [-0.1, -0.05) is 0 Å². The largest absolute Gasteiger partial charge is 0.354 e. The molecule has 0 aromatic carbocycles. The van der Waals surface area contributed by atoms with Crippen LogP contribution in [-0.4, -0.2) is 61.6 Å². The zero-order valence-corrected chi connectivity index (χ0v) is 13.2. The van der Waals surface area contributed by atoms with Crippen LogP contribution in [0, 0.1) is 0 Å². The number of hydrogen-bond donors (Lipinski definition) is 2. The van der Waals surface area contributed by atoms with Crippen molar-refractivity contribution in [2.24, 2.45) is 0 Å². The van der Waals surface area contributed by atoms with Crippen molar-refractivity contribution in [1.82, 2.24) is 20.5 Å². The van der Waals surface area contributed by atoms with Crippen molar-refractivity contribution in [3.63, 3.8) is 0 Å². The maximum Gasteiger partial charge on any atom is 0.237 e. The number of likely N-dealkylation sites (N-methyl/N-ethyl adjacent to an activating group) is 1. The molecular weight excluding hydrogens is 278 g/mol. The third kappa shape index (κ3) is 3.75. The van der Waals surface area contributed by atoms with E-state index in [9.17, 15) is 4.79 Å². The highest BCUT2D eigenvalue weighted by molar-refractivity contribution is 5.82. The molecule has 6 heteroatoms. The molecule has 0 aliphatic carbocycles. The van der Waals surface area contributed by atoms with Gasteiger partial charge in [0.2, 0.25) is 5.91 Å². The number of carbonyl (C=O) groups is 1. The fraction of sp³-hybridized carbons (Fsp3) is 0.625. The van der Waals surface area contributed by atoms with E-state index in [4.69, 9.17) is 0 Å². The van der Waals surface area contributed by atoms with Gasteiger partial charge in [0.15, 0.2) is 0 Å². The van der Waals surface area contributed by atoms with Crippen LogP contribution in [0.15, 0.2) is 18.3 Å². The standard InChI is InChI=1S/C16H25N5O/c1-20-7-9-21(10-8-20)15-11-13(4-6-18-15)12-19-16(22)14-3-2-5-17-14/h4,6,11,14,17H,2-3,5,7-10,12H2,1H3,(H,19,22). The van der Waals surface area contributed by atoms with Gasteiger partial charge in [-0.3, -0.25) is 4.79 Å². The number of anilines is 1. The number of rotatable bonds is 4. The molecule has 6 nitrogen and oxygen atoms in total. The molecule has 1 atom stereocenters. The van der Waals surface area contributed by atoms with Crippen LogP contribution in [0.1, 0.15) is 18.4 Å². The second-order valence-electron chi connectivity index (χ2n) is 6.18. The smallest absolute Gasteiger partial charge is 0.237 e. The van der Waals surface area contributed by atoms with E-state index in [0.29, 0.717) is 6.54 Å². The highest BCUT2D eigenvalue weighted by atomic mass is 16.2. The summed E-state index contributed by atoms with van der Waals surface area (Å²) < 4.78 is 0. The molecule has 2 saturated heterocycles. The van der Waals surface area contributed by atoms with Crippen molar-refractivity contribution in [1.29, 1.82) is 0 Å². The Labute approximate surface area is 131 Å². The highest BCUT2D eigenvalue weighted by Crippen LogP contribution is 2.15. The van der Waals surface area contributed by atoms with Gasteiger partial charge in [0.1, 0.15) is 5.82 Å². The minimum absolute atomic E-state index is 0.0149. The number of nitrogens with one attached hydrogen (secondary N) is 2. The normalized spacial score (nSPS) is 22.8. The molecule has 0 radical (unpaired) electrons. The Bertz CT molecular complexity index is 507. The van der Waals surface area contributed by atoms with Crippen molar-refractivity contribution in [3.05, 3.63) is 23.9 Å². The summed E-state index contributed by atoms with van der Waals surface area (Å²) in [6.45, 7) is 5.66. The summed E-state index contributed by atoms with van der Waals surface area (Å²) >= 11 is 0. The summed E-state index contributed by atoms with van der Waals surface area (Å²) in [5, 5.41) is 6.24. The molecule has 2 N–H and O–H groups in total. The van der Waals surface area contributed by atoms with Gasteiger partial charge in [-0.15, -0.1) is 0 Å². The number of hydrogen-bond acceptors (Lipinski definition) is 5. The predicted molar refractivity (Wildman–Crippen MR) is 86.8 cm³/mol. The monoisotopic (exact) mass is 303 g/mol. The maximum absolute atomic E-state index is 12.0. The Morgan fingerprint density at radius 3 is 2.95 bits per heavy atom. The summed E-state index contributed by atoms with van der Waals surface area (Å²) in [6.07, 6.45) is 3.86. The first kappa shape index (κ1) is 15.2. The highest BCUT2D eigenvalue weighted by Gasteiger charge is 2.21. The van der Waals surface area contributed by atoms with Crippen molar-refractivity contribution < 1.29 is 4.79 Å². The lowest BCUT2D eigenvalue weighted by molar-refractivity contribution is -0.122. The second-order valence-corrected chi connectivity index (χ2v) is 6.18. The maximum atomic E-state index is 12.0. The summed E-state index contributed by atoms with van der Waals surface area (Å²) in [5.41, 5.74) is 1.11. The second kappa shape index (κ2) is 7.07. The van der Waals surface area contributed by atoms with E-state index in [2.05, 4.69) is 38.5 Å². The molecule has 3 heterocycles. The van der Waals surface area contributed by atoms with Crippen molar-refractivity contribution >= 4 is 11.7 Å². The van der Waals surface area contributed by atoms with E-state index in [0.717, 1.165) is 56.9 Å². The third-order valence-corrected chi connectivity index (χ3v) is 4.48. The van der Waals surface area contributed by atoms with Gasteiger partial charge < -0.3 is 20.4 Å². The first-order chi connectivity index (χ1) is 10.7. The lowest BCUT2D eigenvalue weighted by Gasteiger charge is -2.33. The summed E-state index contributed by atoms with van der Waals surface area (Å²) in [5.74, 6) is 1.12. The van der Waals surface area contributed by atoms with E-state index in [-0.39, 0.29) is 11.9 Å². The first-order valence-electron chi connectivity index (χ1n) is 8.12. The van der Waals surface area contributed by atoms with Crippen molar-refractivity contribution in [2.75, 3.05) is 44.7 Å². The molecule has 0 spiro atoms. The number of piperazine rings is 1. The number of nitrogens with zero attached hydrogens (tertiary/aromatic N) is 3. The molecule has 2 fully saturated rings. The molecule has 1 aromatic heterocycles. The lowest BCUT2D eigenvalue weighted by atomic mass is 10.2. The zero-order valence-electron chi connectivity index (χ0n) is 13.2. The van der Waals surface area contributed by atoms with Crippen LogP contribution in [0.4, 0.5) is 5.82 Å². The zero-order chi connectivity index (χ0) is 15.4. The Morgan fingerprint density at radius 2 is 2.23 bits per heavy atom. The molecule has 22 heavy (non-hydrogen) atoms. The van der Waals surface area contributed by atoms with Crippen LogP contribution in [0.2, 0.25) is 0 Å². The molecule has 0 bridgehead atoms. The number of amides is 1. The van der Waals surface area contributed by atoms with Crippen LogP contribution in [0.25, 0.3) is 0 Å². The third-order valence-electron chi connectivity index (χ3n) is 4.48. The Balaban J connectivity index is 1.55. The Kier molecular flexibility index (Phi) is 4.90. The molecule has 1 amide bonds. The number of aromatic nitrogens is 1. The Morgan fingerprint density at radius 1 is 1.41 bits per heavy atom. The number of carbonyl (C=O) groups excluding carboxylic acids is 1. The molecule has 3 rings (SSSR count). The lowest BCUT2D eigenvalue weighted by Crippen LogP contribution is -2.44. The van der Waals surface area contributed by atoms with Crippen LogP contribution in [0.3, 0.4) is 0 Å². The summed E-state index contributed by atoms with van der Waals surface area (Å²) in [6, 6.07) is 4.05. The minimum Gasteiger partial charge on any atom is -0.354 e. The first-order valence-corrected chi connectivity index (χ1v) is 8.12. The molecule has 120 valence electrons.